The Kier molecular flexibility index (Phi) is 10.3. The number of nitrogens with one attached hydrogen (secondary N) is 3. The highest BCUT2D eigenvalue weighted by Crippen LogP contribution is 2.15. The van der Waals surface area contributed by atoms with Gasteiger partial charge in [0, 0.05) is 50.0 Å². The molecule has 2 rings (SSSR count). The quantitative estimate of drug-likeness (QED) is 0.307. The van der Waals surface area contributed by atoms with Gasteiger partial charge in [-0.1, -0.05) is 36.4 Å². The van der Waals surface area contributed by atoms with Crippen molar-refractivity contribution in [3.05, 3.63) is 66.0 Å². The SMILES string of the molecule is CN=C(NCCc1ccccn1)NCC(C)(C)NC(C)c1ccccc1.I. The number of benzene rings is 1. The second-order valence-electron chi connectivity index (χ2n) is 7.08. The van der Waals surface area contributed by atoms with Gasteiger partial charge in [0.1, 0.15) is 0 Å². The van der Waals surface area contributed by atoms with Crippen molar-refractivity contribution in [1.82, 2.24) is 20.9 Å². The molecular weight excluding hydrogens is 449 g/mol. The second kappa shape index (κ2) is 11.9. The van der Waals surface area contributed by atoms with Gasteiger partial charge in [-0.05, 0) is 38.5 Å². The number of aromatic nitrogens is 1. The van der Waals surface area contributed by atoms with E-state index in [1.54, 1.807) is 7.05 Å². The van der Waals surface area contributed by atoms with E-state index in [1.165, 1.54) is 5.56 Å². The van der Waals surface area contributed by atoms with Crippen LogP contribution in [0.15, 0.2) is 59.7 Å². The summed E-state index contributed by atoms with van der Waals surface area (Å²) in [7, 11) is 1.79. The average Bonchev–Trinajstić information content (AvgIpc) is 2.65. The summed E-state index contributed by atoms with van der Waals surface area (Å²) in [5, 5.41) is 10.4. The molecule has 2 aromatic rings. The summed E-state index contributed by atoms with van der Waals surface area (Å²) in [5.74, 6) is 0.808. The van der Waals surface area contributed by atoms with Crippen LogP contribution in [0.5, 0.6) is 0 Å². The molecule has 27 heavy (non-hydrogen) atoms. The maximum Gasteiger partial charge on any atom is 0.191 e. The van der Waals surface area contributed by atoms with Crippen LogP contribution in [0.1, 0.15) is 38.1 Å². The highest BCUT2D eigenvalue weighted by atomic mass is 127. The van der Waals surface area contributed by atoms with E-state index in [4.69, 9.17) is 0 Å². The molecule has 0 bridgehead atoms. The molecule has 3 N–H and O–H groups in total. The van der Waals surface area contributed by atoms with Gasteiger partial charge in [0.25, 0.3) is 0 Å². The number of nitrogens with zero attached hydrogens (tertiary/aromatic N) is 2. The van der Waals surface area contributed by atoms with Crippen LogP contribution < -0.4 is 16.0 Å². The van der Waals surface area contributed by atoms with Gasteiger partial charge in [-0.3, -0.25) is 9.98 Å². The van der Waals surface area contributed by atoms with Gasteiger partial charge in [-0.2, -0.15) is 0 Å². The van der Waals surface area contributed by atoms with Gasteiger partial charge >= 0.3 is 0 Å². The minimum atomic E-state index is -0.0755. The summed E-state index contributed by atoms with van der Waals surface area (Å²) >= 11 is 0. The first kappa shape index (κ1) is 23.4. The number of guanidine groups is 1. The van der Waals surface area contributed by atoms with Crippen molar-refractivity contribution in [2.75, 3.05) is 20.1 Å². The van der Waals surface area contributed by atoms with Crippen LogP contribution in [-0.2, 0) is 6.42 Å². The molecule has 1 heterocycles. The van der Waals surface area contributed by atoms with Crippen molar-refractivity contribution < 1.29 is 0 Å². The summed E-state index contributed by atoms with van der Waals surface area (Å²) in [6, 6.07) is 16.8. The Morgan fingerprint density at radius 1 is 1.07 bits per heavy atom. The van der Waals surface area contributed by atoms with Crippen LogP contribution in [0.3, 0.4) is 0 Å². The molecular formula is C21H32IN5. The minimum Gasteiger partial charge on any atom is -0.356 e. The molecule has 6 heteroatoms. The molecule has 5 nitrogen and oxygen atoms in total. The third-order valence-corrected chi connectivity index (χ3v) is 4.23. The first-order valence-corrected chi connectivity index (χ1v) is 9.17. The third-order valence-electron chi connectivity index (χ3n) is 4.23. The Hall–Kier alpha value is -1.67. The lowest BCUT2D eigenvalue weighted by atomic mass is 10.0. The molecule has 0 fully saturated rings. The molecule has 0 amide bonds. The van der Waals surface area contributed by atoms with E-state index in [1.807, 2.05) is 30.5 Å². The van der Waals surface area contributed by atoms with Crippen LogP contribution in [0.2, 0.25) is 0 Å². The normalized spacial score (nSPS) is 12.8. The van der Waals surface area contributed by atoms with Crippen molar-refractivity contribution in [1.29, 1.82) is 0 Å². The zero-order valence-electron chi connectivity index (χ0n) is 16.7. The lowest BCUT2D eigenvalue weighted by molar-refractivity contribution is 0.345. The van der Waals surface area contributed by atoms with E-state index in [0.717, 1.165) is 31.2 Å². The van der Waals surface area contributed by atoms with Crippen molar-refractivity contribution in [2.24, 2.45) is 4.99 Å². The number of rotatable bonds is 8. The fourth-order valence-electron chi connectivity index (χ4n) is 2.84. The van der Waals surface area contributed by atoms with E-state index < -0.39 is 0 Å². The van der Waals surface area contributed by atoms with Crippen LogP contribution in [0.25, 0.3) is 0 Å². The molecule has 1 aromatic heterocycles. The summed E-state index contributed by atoms with van der Waals surface area (Å²) in [4.78, 5) is 8.64. The number of aliphatic imine (C=N–C) groups is 1. The van der Waals surface area contributed by atoms with Gasteiger partial charge in [0.05, 0.1) is 0 Å². The van der Waals surface area contributed by atoms with Crippen LogP contribution in [0, 0.1) is 0 Å². The van der Waals surface area contributed by atoms with Crippen molar-refractivity contribution in [3.63, 3.8) is 0 Å². The van der Waals surface area contributed by atoms with E-state index >= 15 is 0 Å². The highest BCUT2D eigenvalue weighted by Gasteiger charge is 2.21. The van der Waals surface area contributed by atoms with Crippen LogP contribution >= 0.6 is 24.0 Å². The topological polar surface area (TPSA) is 61.3 Å². The van der Waals surface area contributed by atoms with Gasteiger partial charge in [-0.25, -0.2) is 0 Å². The van der Waals surface area contributed by atoms with Gasteiger partial charge in [0.2, 0.25) is 0 Å². The first-order valence-electron chi connectivity index (χ1n) is 9.17. The summed E-state index contributed by atoms with van der Waals surface area (Å²) < 4.78 is 0. The van der Waals surface area contributed by atoms with E-state index in [9.17, 15) is 0 Å². The lowest BCUT2D eigenvalue weighted by Gasteiger charge is -2.31. The number of halogens is 1. The first-order chi connectivity index (χ1) is 12.5. The van der Waals surface area contributed by atoms with Gasteiger partial charge in [0.15, 0.2) is 5.96 Å². The molecule has 0 radical (unpaired) electrons. The molecule has 0 saturated heterocycles. The molecule has 0 aliphatic heterocycles. The maximum absolute atomic E-state index is 4.34. The molecule has 1 unspecified atom stereocenters. The van der Waals surface area contributed by atoms with Gasteiger partial charge < -0.3 is 16.0 Å². The lowest BCUT2D eigenvalue weighted by Crippen LogP contribution is -2.52. The van der Waals surface area contributed by atoms with E-state index in [-0.39, 0.29) is 35.6 Å². The third kappa shape index (κ3) is 8.71. The monoisotopic (exact) mass is 481 g/mol. The highest BCUT2D eigenvalue weighted by molar-refractivity contribution is 14.0. The zero-order valence-corrected chi connectivity index (χ0v) is 19.0. The predicted octanol–water partition coefficient (Wildman–Crippen LogP) is 3.54. The molecule has 0 aliphatic rings. The van der Waals surface area contributed by atoms with E-state index in [2.05, 4.69) is 71.0 Å². The fourth-order valence-corrected chi connectivity index (χ4v) is 2.84. The summed E-state index contributed by atoms with van der Waals surface area (Å²) in [6.07, 6.45) is 2.69. The molecule has 0 saturated carbocycles. The average molecular weight is 481 g/mol. The fraction of sp³-hybridized carbons (Fsp3) is 0.429. The molecule has 1 atom stereocenters. The molecule has 148 valence electrons. The molecule has 0 spiro atoms. The Labute approximate surface area is 180 Å². The molecule has 1 aromatic carbocycles. The number of pyridine rings is 1. The molecule has 0 aliphatic carbocycles. The summed E-state index contributed by atoms with van der Waals surface area (Å²) in [5.41, 5.74) is 2.29. The Balaban J connectivity index is 0.00000364. The van der Waals surface area contributed by atoms with Crippen LogP contribution in [0.4, 0.5) is 0 Å². The number of hydrogen-bond acceptors (Lipinski definition) is 3. The van der Waals surface area contributed by atoms with Crippen molar-refractivity contribution in [3.8, 4) is 0 Å². The second-order valence-corrected chi connectivity index (χ2v) is 7.08. The Bertz CT molecular complexity index is 673. The predicted molar refractivity (Wildman–Crippen MR) is 125 cm³/mol. The summed E-state index contributed by atoms with van der Waals surface area (Å²) in [6.45, 7) is 8.15. The standard InChI is InChI=1S/C21H31N5.HI/c1-17(18-10-6-5-7-11-18)26-21(2,3)16-25-20(22-4)24-15-13-19-12-8-9-14-23-19;/h5-12,14,17,26H,13,15-16H2,1-4H3,(H2,22,24,25);1H. The smallest absolute Gasteiger partial charge is 0.191 e. The zero-order chi connectivity index (χ0) is 18.8. The largest absolute Gasteiger partial charge is 0.356 e. The van der Waals surface area contributed by atoms with Gasteiger partial charge in [-0.15, -0.1) is 24.0 Å². The number of hydrogen-bond donors (Lipinski definition) is 3. The minimum absolute atomic E-state index is 0. The van der Waals surface area contributed by atoms with Crippen molar-refractivity contribution >= 4 is 29.9 Å². The maximum atomic E-state index is 4.34. The van der Waals surface area contributed by atoms with Crippen LogP contribution in [-0.4, -0.2) is 36.6 Å². The Morgan fingerprint density at radius 2 is 1.78 bits per heavy atom. The Morgan fingerprint density at radius 3 is 2.41 bits per heavy atom. The van der Waals surface area contributed by atoms with E-state index in [0.29, 0.717) is 0 Å². The van der Waals surface area contributed by atoms with Crippen molar-refractivity contribution in [2.45, 2.75) is 38.8 Å².